The van der Waals surface area contributed by atoms with Crippen molar-refractivity contribution >= 4 is 5.91 Å². The molecule has 0 heterocycles. The van der Waals surface area contributed by atoms with E-state index in [0.717, 1.165) is 0 Å². The molecular formula is C14H20FNO2. The Morgan fingerprint density at radius 3 is 2.61 bits per heavy atom. The van der Waals surface area contributed by atoms with Gasteiger partial charge in [0, 0.05) is 18.2 Å². The molecule has 0 aliphatic carbocycles. The van der Waals surface area contributed by atoms with Crippen LogP contribution in [0.4, 0.5) is 4.39 Å². The van der Waals surface area contributed by atoms with Crippen molar-refractivity contribution in [3.05, 3.63) is 35.6 Å². The molecule has 1 atom stereocenters. The van der Waals surface area contributed by atoms with E-state index in [1.807, 2.05) is 20.8 Å². The van der Waals surface area contributed by atoms with Crippen molar-refractivity contribution in [3.8, 4) is 0 Å². The fourth-order valence-corrected chi connectivity index (χ4v) is 1.72. The zero-order chi connectivity index (χ0) is 13.8. The van der Waals surface area contributed by atoms with Gasteiger partial charge in [0.2, 0.25) is 0 Å². The highest BCUT2D eigenvalue weighted by Crippen LogP contribution is 2.22. The van der Waals surface area contributed by atoms with E-state index >= 15 is 0 Å². The highest BCUT2D eigenvalue weighted by Gasteiger charge is 2.26. The SMILES string of the molecule is CC(C)(C)C(CCO)NC(=O)c1cccc(F)c1. The van der Waals surface area contributed by atoms with Crippen molar-refractivity contribution in [1.29, 1.82) is 0 Å². The maximum Gasteiger partial charge on any atom is 0.251 e. The molecule has 0 saturated heterocycles. The summed E-state index contributed by atoms with van der Waals surface area (Å²) in [6, 6.07) is 5.41. The van der Waals surface area contributed by atoms with E-state index < -0.39 is 5.82 Å². The second-order valence-electron chi connectivity index (χ2n) is 5.41. The first-order valence-electron chi connectivity index (χ1n) is 6.02. The molecule has 1 aromatic carbocycles. The number of amides is 1. The highest BCUT2D eigenvalue weighted by atomic mass is 19.1. The molecule has 3 nitrogen and oxygen atoms in total. The monoisotopic (exact) mass is 253 g/mol. The Bertz CT molecular complexity index is 413. The molecule has 0 bridgehead atoms. The fraction of sp³-hybridized carbons (Fsp3) is 0.500. The number of benzene rings is 1. The zero-order valence-electron chi connectivity index (χ0n) is 11.0. The van der Waals surface area contributed by atoms with Gasteiger partial charge < -0.3 is 10.4 Å². The van der Waals surface area contributed by atoms with Crippen molar-refractivity contribution < 1.29 is 14.3 Å². The van der Waals surface area contributed by atoms with Crippen LogP contribution in [0.1, 0.15) is 37.6 Å². The number of carbonyl (C=O) groups excluding carboxylic acids is 1. The smallest absolute Gasteiger partial charge is 0.251 e. The van der Waals surface area contributed by atoms with Gasteiger partial charge in [-0.25, -0.2) is 4.39 Å². The van der Waals surface area contributed by atoms with Crippen molar-refractivity contribution in [3.63, 3.8) is 0 Å². The molecule has 0 fully saturated rings. The minimum Gasteiger partial charge on any atom is -0.396 e. The summed E-state index contributed by atoms with van der Waals surface area (Å²) >= 11 is 0. The molecular weight excluding hydrogens is 233 g/mol. The van der Waals surface area contributed by atoms with E-state index in [-0.39, 0.29) is 24.0 Å². The molecule has 0 radical (unpaired) electrons. The second-order valence-corrected chi connectivity index (χ2v) is 5.41. The van der Waals surface area contributed by atoms with Crippen LogP contribution in [0.3, 0.4) is 0 Å². The van der Waals surface area contributed by atoms with E-state index in [9.17, 15) is 9.18 Å². The lowest BCUT2D eigenvalue weighted by Gasteiger charge is -2.31. The summed E-state index contributed by atoms with van der Waals surface area (Å²) in [7, 11) is 0. The lowest BCUT2D eigenvalue weighted by Crippen LogP contribution is -2.44. The lowest BCUT2D eigenvalue weighted by molar-refractivity contribution is 0.0884. The van der Waals surface area contributed by atoms with Crippen molar-refractivity contribution in [2.75, 3.05) is 6.61 Å². The van der Waals surface area contributed by atoms with Crippen LogP contribution < -0.4 is 5.32 Å². The maximum absolute atomic E-state index is 13.0. The van der Waals surface area contributed by atoms with E-state index in [2.05, 4.69) is 5.32 Å². The summed E-state index contributed by atoms with van der Waals surface area (Å²) in [5.41, 5.74) is 0.133. The Balaban J connectivity index is 2.79. The lowest BCUT2D eigenvalue weighted by atomic mass is 9.85. The van der Waals surface area contributed by atoms with Crippen LogP contribution in [-0.4, -0.2) is 23.7 Å². The van der Waals surface area contributed by atoms with Gasteiger partial charge in [-0.15, -0.1) is 0 Å². The van der Waals surface area contributed by atoms with Crippen LogP contribution in [0.2, 0.25) is 0 Å². The van der Waals surface area contributed by atoms with Gasteiger partial charge in [0.15, 0.2) is 0 Å². The van der Waals surface area contributed by atoms with E-state index in [0.29, 0.717) is 12.0 Å². The van der Waals surface area contributed by atoms with Crippen LogP contribution >= 0.6 is 0 Å². The van der Waals surface area contributed by atoms with E-state index in [4.69, 9.17) is 5.11 Å². The first-order valence-corrected chi connectivity index (χ1v) is 6.02. The number of aliphatic hydroxyl groups is 1. The molecule has 2 N–H and O–H groups in total. The third-order valence-corrected chi connectivity index (χ3v) is 2.86. The number of carbonyl (C=O) groups is 1. The van der Waals surface area contributed by atoms with Crippen LogP contribution in [0.5, 0.6) is 0 Å². The molecule has 0 aliphatic heterocycles. The van der Waals surface area contributed by atoms with Gasteiger partial charge in [0.05, 0.1) is 0 Å². The molecule has 1 amide bonds. The summed E-state index contributed by atoms with van der Waals surface area (Å²) < 4.78 is 13.0. The standard InChI is InChI=1S/C14H20FNO2/c1-14(2,3)12(7-8-17)16-13(18)10-5-4-6-11(15)9-10/h4-6,9,12,17H,7-8H2,1-3H3,(H,16,18). The summed E-state index contributed by atoms with van der Waals surface area (Å²) in [6.45, 7) is 5.96. The van der Waals surface area contributed by atoms with Gasteiger partial charge in [-0.3, -0.25) is 4.79 Å². The highest BCUT2D eigenvalue weighted by molar-refractivity contribution is 5.94. The summed E-state index contributed by atoms with van der Waals surface area (Å²) in [4.78, 5) is 12.0. The van der Waals surface area contributed by atoms with Gasteiger partial charge >= 0.3 is 0 Å². The largest absolute Gasteiger partial charge is 0.396 e. The van der Waals surface area contributed by atoms with Gasteiger partial charge in [-0.2, -0.15) is 0 Å². The molecule has 0 saturated carbocycles. The molecule has 1 unspecified atom stereocenters. The molecule has 0 aliphatic rings. The molecule has 1 rings (SSSR count). The summed E-state index contributed by atoms with van der Waals surface area (Å²) in [5.74, 6) is -0.750. The summed E-state index contributed by atoms with van der Waals surface area (Å²) in [6.07, 6.45) is 0.477. The molecule has 1 aromatic rings. The number of hydrogen-bond acceptors (Lipinski definition) is 2. The Labute approximate surface area is 107 Å². The average Bonchev–Trinajstić information content (AvgIpc) is 2.27. The number of halogens is 1. The second kappa shape index (κ2) is 5.96. The third-order valence-electron chi connectivity index (χ3n) is 2.86. The molecule has 18 heavy (non-hydrogen) atoms. The van der Waals surface area contributed by atoms with Crippen molar-refractivity contribution in [2.24, 2.45) is 5.41 Å². The Hall–Kier alpha value is -1.42. The Morgan fingerprint density at radius 1 is 1.44 bits per heavy atom. The van der Waals surface area contributed by atoms with E-state index in [1.54, 1.807) is 6.07 Å². The molecule has 0 aromatic heterocycles. The first kappa shape index (κ1) is 14.6. The number of aliphatic hydroxyl groups excluding tert-OH is 1. The average molecular weight is 253 g/mol. The van der Waals surface area contributed by atoms with Crippen molar-refractivity contribution in [1.82, 2.24) is 5.32 Å². The van der Waals surface area contributed by atoms with Crippen LogP contribution in [0, 0.1) is 11.2 Å². The normalized spacial score (nSPS) is 13.2. The Kier molecular flexibility index (Phi) is 4.84. The molecule has 0 spiro atoms. The topological polar surface area (TPSA) is 49.3 Å². The van der Waals surface area contributed by atoms with E-state index in [1.165, 1.54) is 18.2 Å². The van der Waals surface area contributed by atoms with Gasteiger partial charge in [0.1, 0.15) is 5.82 Å². The van der Waals surface area contributed by atoms with Crippen LogP contribution in [-0.2, 0) is 0 Å². The minimum absolute atomic E-state index is 0.00532. The zero-order valence-corrected chi connectivity index (χ0v) is 11.0. The summed E-state index contributed by atoms with van der Waals surface area (Å²) in [5, 5.41) is 11.9. The number of rotatable bonds is 4. The quantitative estimate of drug-likeness (QED) is 0.865. The first-order chi connectivity index (χ1) is 8.34. The van der Waals surface area contributed by atoms with Gasteiger partial charge in [-0.1, -0.05) is 26.8 Å². The van der Waals surface area contributed by atoms with Gasteiger partial charge in [-0.05, 0) is 30.0 Å². The van der Waals surface area contributed by atoms with Crippen molar-refractivity contribution in [2.45, 2.75) is 33.2 Å². The van der Waals surface area contributed by atoms with Crippen LogP contribution in [0.25, 0.3) is 0 Å². The minimum atomic E-state index is -0.433. The molecule has 4 heteroatoms. The number of nitrogens with one attached hydrogen (secondary N) is 1. The molecule has 100 valence electrons. The Morgan fingerprint density at radius 2 is 2.11 bits per heavy atom. The fourth-order valence-electron chi connectivity index (χ4n) is 1.72. The van der Waals surface area contributed by atoms with Crippen LogP contribution in [0.15, 0.2) is 24.3 Å². The predicted octanol–water partition coefficient (Wildman–Crippen LogP) is 2.35. The third kappa shape index (κ3) is 4.11. The maximum atomic E-state index is 13.0. The van der Waals surface area contributed by atoms with Gasteiger partial charge in [0.25, 0.3) is 5.91 Å². The predicted molar refractivity (Wildman–Crippen MR) is 68.8 cm³/mol. The number of hydrogen-bond donors (Lipinski definition) is 2.